The van der Waals surface area contributed by atoms with Crippen LogP contribution in [0.15, 0.2) is 22.7 Å². The molecule has 4 nitrogen and oxygen atoms in total. The Hall–Kier alpha value is -1.36. The molecule has 1 saturated carbocycles. The largest absolute Gasteiger partial charge is 0.352 e. The topological polar surface area (TPSA) is 49.4 Å². The second kappa shape index (κ2) is 7.77. The van der Waals surface area contributed by atoms with Crippen LogP contribution in [0.3, 0.4) is 0 Å². The van der Waals surface area contributed by atoms with Crippen molar-refractivity contribution in [1.29, 1.82) is 0 Å². The molecule has 0 radical (unpaired) electrons. The summed E-state index contributed by atoms with van der Waals surface area (Å²) in [4.78, 5) is 25.7. The molecule has 1 fully saturated rings. The van der Waals surface area contributed by atoms with Crippen LogP contribution in [0.25, 0.3) is 0 Å². The third kappa shape index (κ3) is 4.57. The Morgan fingerprint density at radius 2 is 1.95 bits per heavy atom. The average molecular weight is 367 g/mol. The van der Waals surface area contributed by atoms with Crippen molar-refractivity contribution in [2.45, 2.75) is 52.0 Å². The molecule has 0 heterocycles. The Bertz CT molecular complexity index is 554. The highest BCUT2D eigenvalue weighted by molar-refractivity contribution is 9.10. The van der Waals surface area contributed by atoms with Crippen LogP contribution in [-0.2, 0) is 9.59 Å². The second-order valence-electron chi connectivity index (χ2n) is 5.94. The van der Waals surface area contributed by atoms with Gasteiger partial charge < -0.3 is 10.2 Å². The molecule has 5 heteroatoms. The number of hydrogen-bond acceptors (Lipinski definition) is 2. The van der Waals surface area contributed by atoms with E-state index in [0.29, 0.717) is 0 Å². The maximum absolute atomic E-state index is 12.2. The van der Waals surface area contributed by atoms with E-state index in [2.05, 4.69) is 21.2 Å². The summed E-state index contributed by atoms with van der Waals surface area (Å²) >= 11 is 3.45. The lowest BCUT2D eigenvalue weighted by molar-refractivity contribution is -0.123. The zero-order chi connectivity index (χ0) is 16.1. The molecule has 1 aromatic rings. The number of carbonyl (C=O) groups excluding carboxylic acids is 2. The molecule has 0 unspecified atom stereocenters. The van der Waals surface area contributed by atoms with Crippen molar-refractivity contribution in [2.75, 3.05) is 11.4 Å². The summed E-state index contributed by atoms with van der Waals surface area (Å²) in [7, 11) is 0. The molecule has 22 heavy (non-hydrogen) atoms. The normalized spacial score (nSPS) is 15.4. The molecule has 1 aliphatic rings. The highest BCUT2D eigenvalue weighted by Crippen LogP contribution is 2.23. The van der Waals surface area contributed by atoms with Crippen LogP contribution in [0.5, 0.6) is 0 Å². The quantitative estimate of drug-likeness (QED) is 0.885. The summed E-state index contributed by atoms with van der Waals surface area (Å²) in [5.41, 5.74) is 1.79. The second-order valence-corrected chi connectivity index (χ2v) is 6.80. The van der Waals surface area contributed by atoms with E-state index in [1.807, 2.05) is 25.1 Å². The fraction of sp³-hybridized carbons (Fsp3) is 0.529. The summed E-state index contributed by atoms with van der Waals surface area (Å²) in [6, 6.07) is 5.94. The molecule has 0 spiro atoms. The average Bonchev–Trinajstić information content (AvgIpc) is 2.48. The number of carbonyl (C=O) groups is 2. The summed E-state index contributed by atoms with van der Waals surface area (Å²) in [5, 5.41) is 3.06. The van der Waals surface area contributed by atoms with Gasteiger partial charge in [-0.1, -0.05) is 35.2 Å². The van der Waals surface area contributed by atoms with E-state index in [9.17, 15) is 9.59 Å². The Morgan fingerprint density at radius 3 is 2.55 bits per heavy atom. The molecule has 0 atom stereocenters. The maximum atomic E-state index is 12.2. The van der Waals surface area contributed by atoms with Gasteiger partial charge in [-0.15, -0.1) is 0 Å². The van der Waals surface area contributed by atoms with E-state index in [1.165, 1.54) is 31.1 Å². The van der Waals surface area contributed by atoms with Crippen LogP contribution >= 0.6 is 15.9 Å². The van der Waals surface area contributed by atoms with E-state index in [-0.39, 0.29) is 24.4 Å². The number of nitrogens with one attached hydrogen (secondary N) is 1. The molecule has 0 aliphatic heterocycles. The molecular formula is C17H23BrN2O2. The van der Waals surface area contributed by atoms with Gasteiger partial charge in [0.1, 0.15) is 6.54 Å². The number of rotatable bonds is 4. The molecule has 1 aliphatic carbocycles. The Kier molecular flexibility index (Phi) is 6.00. The van der Waals surface area contributed by atoms with Gasteiger partial charge in [-0.05, 0) is 43.5 Å². The maximum Gasteiger partial charge on any atom is 0.240 e. The Morgan fingerprint density at radius 1 is 1.27 bits per heavy atom. The van der Waals surface area contributed by atoms with Crippen molar-refractivity contribution >= 4 is 33.4 Å². The zero-order valence-electron chi connectivity index (χ0n) is 13.2. The van der Waals surface area contributed by atoms with Crippen molar-refractivity contribution in [3.8, 4) is 0 Å². The lowest BCUT2D eigenvalue weighted by atomic mass is 9.95. The third-order valence-electron chi connectivity index (χ3n) is 4.11. The molecule has 0 saturated heterocycles. The van der Waals surface area contributed by atoms with Gasteiger partial charge in [0, 0.05) is 23.1 Å². The predicted molar refractivity (Wildman–Crippen MR) is 91.9 cm³/mol. The van der Waals surface area contributed by atoms with Gasteiger partial charge in [-0.25, -0.2) is 0 Å². The Balaban J connectivity index is 2.03. The molecule has 2 amide bonds. The van der Waals surface area contributed by atoms with Gasteiger partial charge in [0.05, 0.1) is 0 Å². The van der Waals surface area contributed by atoms with Crippen LogP contribution < -0.4 is 10.2 Å². The number of aryl methyl sites for hydroxylation is 1. The van der Waals surface area contributed by atoms with Gasteiger partial charge in [0.2, 0.25) is 11.8 Å². The third-order valence-corrected chi connectivity index (χ3v) is 5.00. The minimum atomic E-state index is -0.125. The van der Waals surface area contributed by atoms with E-state index in [1.54, 1.807) is 0 Å². The Labute approximate surface area is 140 Å². The molecule has 1 aromatic carbocycles. The standard InChI is InChI=1S/C17H23BrN2O2/c1-12-10-15(8-9-16(12)18)20(13(2)21)11-17(22)19-14-6-4-3-5-7-14/h8-10,14H,3-7,11H2,1-2H3,(H,19,22). The van der Waals surface area contributed by atoms with Gasteiger partial charge in [0.15, 0.2) is 0 Å². The smallest absolute Gasteiger partial charge is 0.240 e. The lowest BCUT2D eigenvalue weighted by Crippen LogP contribution is -2.44. The van der Waals surface area contributed by atoms with Crippen molar-refractivity contribution in [3.05, 3.63) is 28.2 Å². The fourth-order valence-corrected chi connectivity index (χ4v) is 3.09. The molecule has 0 aromatic heterocycles. The first kappa shape index (κ1) is 17.0. The number of halogens is 1. The first-order chi connectivity index (χ1) is 10.5. The number of hydrogen-bond donors (Lipinski definition) is 1. The van der Waals surface area contributed by atoms with E-state index in [0.717, 1.165) is 28.6 Å². The van der Waals surface area contributed by atoms with Crippen LogP contribution in [0.4, 0.5) is 5.69 Å². The van der Waals surface area contributed by atoms with Crippen LogP contribution in [0.1, 0.15) is 44.6 Å². The van der Waals surface area contributed by atoms with Crippen LogP contribution in [0, 0.1) is 6.92 Å². The first-order valence-electron chi connectivity index (χ1n) is 7.81. The van der Waals surface area contributed by atoms with Crippen LogP contribution in [0.2, 0.25) is 0 Å². The zero-order valence-corrected chi connectivity index (χ0v) is 14.8. The molecule has 1 N–H and O–H groups in total. The summed E-state index contributed by atoms with van der Waals surface area (Å²) in [6.07, 6.45) is 5.69. The number of anilines is 1. The van der Waals surface area contributed by atoms with Crippen LogP contribution in [-0.4, -0.2) is 24.4 Å². The van der Waals surface area contributed by atoms with Gasteiger partial charge in [0.25, 0.3) is 0 Å². The first-order valence-corrected chi connectivity index (χ1v) is 8.60. The fourth-order valence-electron chi connectivity index (χ4n) is 2.85. The summed E-state index contributed by atoms with van der Waals surface area (Å²) in [6.45, 7) is 3.53. The van der Waals surface area contributed by atoms with Crippen molar-refractivity contribution in [1.82, 2.24) is 5.32 Å². The van der Waals surface area contributed by atoms with E-state index in [4.69, 9.17) is 0 Å². The highest BCUT2D eigenvalue weighted by Gasteiger charge is 2.20. The summed E-state index contributed by atoms with van der Waals surface area (Å²) in [5.74, 6) is -0.205. The number of nitrogens with zero attached hydrogens (tertiary/aromatic N) is 1. The van der Waals surface area contributed by atoms with Crippen molar-refractivity contribution in [2.24, 2.45) is 0 Å². The SMILES string of the molecule is CC(=O)N(CC(=O)NC1CCCCC1)c1ccc(Br)c(C)c1. The number of benzene rings is 1. The molecule has 120 valence electrons. The molecule has 0 bridgehead atoms. The van der Waals surface area contributed by atoms with Crippen molar-refractivity contribution < 1.29 is 9.59 Å². The highest BCUT2D eigenvalue weighted by atomic mass is 79.9. The summed E-state index contributed by atoms with van der Waals surface area (Å²) < 4.78 is 0.992. The monoisotopic (exact) mass is 366 g/mol. The lowest BCUT2D eigenvalue weighted by Gasteiger charge is -2.26. The minimum absolute atomic E-state index is 0.0763. The van der Waals surface area contributed by atoms with Crippen molar-refractivity contribution in [3.63, 3.8) is 0 Å². The number of amides is 2. The van der Waals surface area contributed by atoms with Gasteiger partial charge in [-0.3, -0.25) is 9.59 Å². The van der Waals surface area contributed by atoms with E-state index >= 15 is 0 Å². The minimum Gasteiger partial charge on any atom is -0.352 e. The molecular weight excluding hydrogens is 344 g/mol. The van der Waals surface area contributed by atoms with Gasteiger partial charge in [-0.2, -0.15) is 0 Å². The van der Waals surface area contributed by atoms with E-state index < -0.39 is 0 Å². The molecule has 2 rings (SSSR count). The van der Waals surface area contributed by atoms with Gasteiger partial charge >= 0.3 is 0 Å². The predicted octanol–water partition coefficient (Wildman–Crippen LogP) is 3.56.